The lowest BCUT2D eigenvalue weighted by atomic mass is 9.90. The molecule has 2 aromatic carbocycles. The first-order valence-corrected chi connectivity index (χ1v) is 9.40. The zero-order valence-electron chi connectivity index (χ0n) is 15.2. The van der Waals surface area contributed by atoms with Crippen molar-refractivity contribution in [2.45, 2.75) is 24.5 Å². The van der Waals surface area contributed by atoms with Gasteiger partial charge in [-0.15, -0.1) is 0 Å². The maximum Gasteiger partial charge on any atom is 0.119 e. The molecule has 1 saturated heterocycles. The molecule has 3 unspecified atom stereocenters. The normalized spacial score (nSPS) is 29.5. The molecule has 2 aromatic rings. The number of benzene rings is 2. The molecule has 138 valence electrons. The SMILES string of the molecule is COc1cccc(C2(O)CC3CN(CC(O)c4ccccc4)CC3C2)c1. The lowest BCUT2D eigenvalue weighted by Gasteiger charge is -2.27. The predicted molar refractivity (Wildman–Crippen MR) is 101 cm³/mol. The van der Waals surface area contributed by atoms with Gasteiger partial charge in [-0.1, -0.05) is 42.5 Å². The van der Waals surface area contributed by atoms with Crippen molar-refractivity contribution in [3.05, 3.63) is 65.7 Å². The van der Waals surface area contributed by atoms with Crippen LogP contribution >= 0.6 is 0 Å². The molecular formula is C22H27NO3. The number of fused-ring (bicyclic) bond motifs is 1. The van der Waals surface area contributed by atoms with Crippen molar-refractivity contribution in [1.29, 1.82) is 0 Å². The Balaban J connectivity index is 1.39. The molecule has 26 heavy (non-hydrogen) atoms. The number of rotatable bonds is 5. The van der Waals surface area contributed by atoms with Crippen molar-refractivity contribution in [3.8, 4) is 5.75 Å². The predicted octanol–water partition coefficient (Wildman–Crippen LogP) is 2.96. The Morgan fingerprint density at radius 1 is 1.08 bits per heavy atom. The van der Waals surface area contributed by atoms with E-state index in [1.165, 1.54) is 0 Å². The highest BCUT2D eigenvalue weighted by Crippen LogP contribution is 2.49. The van der Waals surface area contributed by atoms with Crippen LogP contribution in [0.4, 0.5) is 0 Å². The summed E-state index contributed by atoms with van der Waals surface area (Å²) in [6.45, 7) is 2.55. The van der Waals surface area contributed by atoms with E-state index in [0.29, 0.717) is 18.4 Å². The minimum Gasteiger partial charge on any atom is -0.497 e. The highest BCUT2D eigenvalue weighted by molar-refractivity contribution is 5.33. The Morgan fingerprint density at radius 2 is 1.77 bits per heavy atom. The van der Waals surface area contributed by atoms with E-state index in [4.69, 9.17) is 4.74 Å². The Hall–Kier alpha value is -1.88. The summed E-state index contributed by atoms with van der Waals surface area (Å²) in [5, 5.41) is 21.7. The molecule has 4 rings (SSSR count). The topological polar surface area (TPSA) is 52.9 Å². The fourth-order valence-corrected chi connectivity index (χ4v) is 4.77. The van der Waals surface area contributed by atoms with Crippen molar-refractivity contribution in [2.75, 3.05) is 26.7 Å². The minimum atomic E-state index is -0.756. The number of ether oxygens (including phenoxy) is 1. The average Bonchev–Trinajstić information content (AvgIpc) is 3.17. The largest absolute Gasteiger partial charge is 0.497 e. The first-order valence-electron chi connectivity index (χ1n) is 9.40. The first-order chi connectivity index (χ1) is 12.6. The van der Waals surface area contributed by atoms with Gasteiger partial charge in [0.1, 0.15) is 5.75 Å². The van der Waals surface area contributed by atoms with E-state index in [9.17, 15) is 10.2 Å². The maximum atomic E-state index is 11.2. The number of β-amino-alcohol motifs (C(OH)–C–C–N with tert-alkyl or cyclic N) is 1. The molecule has 4 nitrogen and oxygen atoms in total. The Bertz CT molecular complexity index is 734. The third-order valence-electron chi connectivity index (χ3n) is 6.07. The molecule has 0 amide bonds. The summed E-state index contributed by atoms with van der Waals surface area (Å²) in [4.78, 5) is 2.35. The van der Waals surface area contributed by atoms with Gasteiger partial charge in [-0.05, 0) is 47.9 Å². The fraction of sp³-hybridized carbons (Fsp3) is 0.455. The lowest BCUT2D eigenvalue weighted by Crippen LogP contribution is -2.31. The molecule has 0 bridgehead atoms. The molecule has 2 N–H and O–H groups in total. The second-order valence-electron chi connectivity index (χ2n) is 7.84. The van der Waals surface area contributed by atoms with Gasteiger partial charge in [0, 0.05) is 19.6 Å². The summed E-state index contributed by atoms with van der Waals surface area (Å²) >= 11 is 0. The highest BCUT2D eigenvalue weighted by Gasteiger charge is 2.49. The van der Waals surface area contributed by atoms with Crippen LogP contribution in [-0.2, 0) is 5.60 Å². The number of aliphatic hydroxyl groups excluding tert-OH is 1. The summed E-state index contributed by atoms with van der Waals surface area (Å²) in [5.41, 5.74) is 1.17. The van der Waals surface area contributed by atoms with Crippen LogP contribution in [-0.4, -0.2) is 41.9 Å². The second kappa shape index (κ2) is 7.03. The van der Waals surface area contributed by atoms with E-state index in [1.807, 2.05) is 54.6 Å². The van der Waals surface area contributed by atoms with Gasteiger partial charge in [-0.25, -0.2) is 0 Å². The molecule has 2 aliphatic rings. The van der Waals surface area contributed by atoms with E-state index >= 15 is 0 Å². The van der Waals surface area contributed by atoms with E-state index < -0.39 is 11.7 Å². The summed E-state index contributed by atoms with van der Waals surface area (Å²) in [7, 11) is 1.66. The molecule has 0 aromatic heterocycles. The second-order valence-corrected chi connectivity index (χ2v) is 7.84. The van der Waals surface area contributed by atoms with Crippen molar-refractivity contribution >= 4 is 0 Å². The van der Waals surface area contributed by atoms with Gasteiger partial charge in [0.05, 0.1) is 18.8 Å². The molecule has 4 heteroatoms. The van der Waals surface area contributed by atoms with Crippen LogP contribution in [0.1, 0.15) is 30.1 Å². The molecule has 0 radical (unpaired) electrons. The Morgan fingerprint density at radius 3 is 2.42 bits per heavy atom. The molecule has 1 saturated carbocycles. The summed E-state index contributed by atoms with van der Waals surface area (Å²) in [6.07, 6.45) is 1.11. The zero-order valence-corrected chi connectivity index (χ0v) is 15.2. The van der Waals surface area contributed by atoms with Gasteiger partial charge >= 0.3 is 0 Å². The third-order valence-corrected chi connectivity index (χ3v) is 6.07. The van der Waals surface area contributed by atoms with Crippen LogP contribution in [0, 0.1) is 11.8 Å². The van der Waals surface area contributed by atoms with Gasteiger partial charge < -0.3 is 14.9 Å². The summed E-state index contributed by atoms with van der Waals surface area (Å²) < 4.78 is 5.31. The number of aliphatic hydroxyl groups is 2. The molecule has 1 heterocycles. The van der Waals surface area contributed by atoms with Crippen molar-refractivity contribution < 1.29 is 14.9 Å². The summed E-state index contributed by atoms with van der Waals surface area (Å²) in [5.74, 6) is 1.75. The molecule has 1 aliphatic carbocycles. The van der Waals surface area contributed by atoms with Crippen molar-refractivity contribution in [3.63, 3.8) is 0 Å². The lowest BCUT2D eigenvalue weighted by molar-refractivity contribution is 0.0286. The van der Waals surface area contributed by atoms with Crippen molar-refractivity contribution in [1.82, 2.24) is 4.90 Å². The van der Waals surface area contributed by atoms with Crippen molar-refractivity contribution in [2.24, 2.45) is 11.8 Å². The zero-order chi connectivity index (χ0) is 18.1. The van der Waals surface area contributed by atoms with Crippen LogP contribution in [0.2, 0.25) is 0 Å². The van der Waals surface area contributed by atoms with Gasteiger partial charge in [0.25, 0.3) is 0 Å². The van der Waals surface area contributed by atoms with Gasteiger partial charge in [0.2, 0.25) is 0 Å². The fourth-order valence-electron chi connectivity index (χ4n) is 4.77. The molecule has 1 aliphatic heterocycles. The van der Waals surface area contributed by atoms with Gasteiger partial charge in [0.15, 0.2) is 0 Å². The van der Waals surface area contributed by atoms with E-state index in [1.54, 1.807) is 7.11 Å². The van der Waals surface area contributed by atoms with E-state index in [-0.39, 0.29) is 0 Å². The Labute approximate surface area is 155 Å². The van der Waals surface area contributed by atoms with Crippen LogP contribution in [0.15, 0.2) is 54.6 Å². The minimum absolute atomic E-state index is 0.452. The number of likely N-dealkylation sites (tertiary alicyclic amines) is 1. The van der Waals surface area contributed by atoms with Crippen LogP contribution in [0.5, 0.6) is 5.75 Å². The number of hydrogen-bond donors (Lipinski definition) is 2. The van der Waals surface area contributed by atoms with Crippen LogP contribution < -0.4 is 4.74 Å². The molecule has 0 spiro atoms. The molecular weight excluding hydrogens is 326 g/mol. The quantitative estimate of drug-likeness (QED) is 0.868. The maximum absolute atomic E-state index is 11.2. The molecule has 3 atom stereocenters. The first kappa shape index (κ1) is 17.5. The number of hydrogen-bond acceptors (Lipinski definition) is 4. The monoisotopic (exact) mass is 353 g/mol. The van der Waals surface area contributed by atoms with Gasteiger partial charge in [-0.3, -0.25) is 4.90 Å². The van der Waals surface area contributed by atoms with E-state index in [0.717, 1.165) is 42.8 Å². The average molecular weight is 353 g/mol. The third kappa shape index (κ3) is 3.37. The number of nitrogens with zero attached hydrogens (tertiary/aromatic N) is 1. The smallest absolute Gasteiger partial charge is 0.119 e. The summed E-state index contributed by atoms with van der Waals surface area (Å²) in [6, 6.07) is 17.7. The van der Waals surface area contributed by atoms with Crippen LogP contribution in [0.25, 0.3) is 0 Å². The standard InChI is InChI=1S/C22H27NO3/c1-26-20-9-5-8-19(10-20)22(25)11-17-13-23(14-18(17)12-22)15-21(24)16-6-3-2-4-7-16/h2-10,17-18,21,24-25H,11-15H2,1H3. The number of methoxy groups -OCH3 is 1. The Kier molecular flexibility index (Phi) is 4.74. The van der Waals surface area contributed by atoms with Crippen LogP contribution in [0.3, 0.4) is 0 Å². The highest BCUT2D eigenvalue weighted by atomic mass is 16.5. The van der Waals surface area contributed by atoms with Gasteiger partial charge in [-0.2, -0.15) is 0 Å². The van der Waals surface area contributed by atoms with E-state index in [2.05, 4.69) is 4.90 Å². The molecule has 2 fully saturated rings.